The van der Waals surface area contributed by atoms with Gasteiger partial charge in [0.25, 0.3) is 0 Å². The second kappa shape index (κ2) is 10.7. The smallest absolute Gasteiger partial charge is 0.225 e. The van der Waals surface area contributed by atoms with Crippen LogP contribution < -0.4 is 10.2 Å². The van der Waals surface area contributed by atoms with Crippen LogP contribution in [0.3, 0.4) is 0 Å². The summed E-state index contributed by atoms with van der Waals surface area (Å²) in [5, 5.41) is 16.1. The van der Waals surface area contributed by atoms with Gasteiger partial charge in [0.1, 0.15) is 21.8 Å². The van der Waals surface area contributed by atoms with Crippen LogP contribution in [0.1, 0.15) is 48.9 Å². The quantitative estimate of drug-likeness (QED) is 0.369. The molecule has 5 aliphatic rings. The molecular formula is C33H38F2N6O4S. The Balaban J connectivity index is 1.13. The number of anilines is 1. The summed E-state index contributed by atoms with van der Waals surface area (Å²) >= 11 is 0. The number of fused-ring (bicyclic) bond motifs is 5. The predicted molar refractivity (Wildman–Crippen MR) is 169 cm³/mol. The van der Waals surface area contributed by atoms with Crippen molar-refractivity contribution < 1.29 is 27.0 Å². The number of piperazine rings is 1. The standard InChI is InChI=1S/C33H38F2N6O4S/c1-46(43,44)20-31-8-6-23(39-31)17-40(18-31)30-37-15-21-14-36-29(10-28(21)38-30)26-13-33(42,12-25-24(26)4-2-5-27(25)35)45-19-32-7-3-9-41(32)16-22(34)11-32/h2,4-5,10,13-15,22-23,39,42H,3,6-9,11-12,16-20H2,1H3/t22-,23+,31-,32+,33?/m1/s1. The number of nitrogens with zero attached hydrogens (tertiary/aromatic N) is 5. The highest BCUT2D eigenvalue weighted by Gasteiger charge is 2.50. The molecule has 0 radical (unpaired) electrons. The van der Waals surface area contributed by atoms with Crippen molar-refractivity contribution in [2.75, 3.05) is 49.7 Å². The van der Waals surface area contributed by atoms with E-state index in [1.54, 1.807) is 36.7 Å². The Bertz CT molecular complexity index is 1860. The van der Waals surface area contributed by atoms with Crippen LogP contribution in [0.5, 0.6) is 0 Å². The van der Waals surface area contributed by atoms with E-state index in [0.29, 0.717) is 65.3 Å². The summed E-state index contributed by atoms with van der Waals surface area (Å²) in [5.74, 6) is -1.71. The summed E-state index contributed by atoms with van der Waals surface area (Å²) in [6, 6.07) is 6.76. The number of alkyl halides is 1. The minimum atomic E-state index is -3.20. The lowest BCUT2D eigenvalue weighted by atomic mass is 9.85. The maximum atomic E-state index is 15.3. The van der Waals surface area contributed by atoms with E-state index in [9.17, 15) is 17.9 Å². The number of pyridine rings is 1. The highest BCUT2D eigenvalue weighted by Crippen LogP contribution is 2.43. The number of hydrogen-bond acceptors (Lipinski definition) is 10. The fourth-order valence-corrected chi connectivity index (χ4v) is 9.95. The molecule has 4 saturated heterocycles. The molecule has 3 aromatic rings. The average Bonchev–Trinajstić information content (AvgIpc) is 3.63. The summed E-state index contributed by atoms with van der Waals surface area (Å²) in [5.41, 5.74) is 1.57. The molecule has 0 amide bonds. The van der Waals surface area contributed by atoms with E-state index in [1.165, 1.54) is 12.3 Å². The molecule has 244 valence electrons. The van der Waals surface area contributed by atoms with Gasteiger partial charge in [-0.3, -0.25) is 9.88 Å². The number of sulfone groups is 1. The Labute approximate surface area is 266 Å². The molecule has 1 unspecified atom stereocenters. The van der Waals surface area contributed by atoms with E-state index in [-0.39, 0.29) is 24.8 Å². The Morgan fingerprint density at radius 3 is 2.89 bits per heavy atom. The first kappa shape index (κ1) is 30.2. The normalized spacial score (nSPS) is 32.5. The molecule has 2 aromatic heterocycles. The minimum absolute atomic E-state index is 0.0528. The Morgan fingerprint density at radius 1 is 1.20 bits per heavy atom. The Hall–Kier alpha value is -3.10. The predicted octanol–water partition coefficient (Wildman–Crippen LogP) is 2.79. The van der Waals surface area contributed by atoms with Gasteiger partial charge in [0.2, 0.25) is 5.95 Å². The van der Waals surface area contributed by atoms with E-state index < -0.39 is 38.7 Å². The number of ether oxygens (including phenoxy) is 1. The van der Waals surface area contributed by atoms with E-state index in [1.807, 2.05) is 4.90 Å². The second-order valence-electron chi connectivity index (χ2n) is 14.1. The fraction of sp³-hybridized carbons (Fsp3) is 0.545. The Morgan fingerprint density at radius 2 is 2.04 bits per heavy atom. The van der Waals surface area contributed by atoms with Gasteiger partial charge >= 0.3 is 0 Å². The van der Waals surface area contributed by atoms with Gasteiger partial charge in [0, 0.05) is 79.2 Å². The summed E-state index contributed by atoms with van der Waals surface area (Å²) < 4.78 is 60.4. The number of nitrogens with one attached hydrogen (secondary N) is 1. The van der Waals surface area contributed by atoms with Crippen molar-refractivity contribution in [2.24, 2.45) is 0 Å². The first-order valence-corrected chi connectivity index (χ1v) is 18.1. The van der Waals surface area contributed by atoms with Crippen LogP contribution in [0.15, 0.2) is 42.7 Å². The molecule has 46 heavy (non-hydrogen) atoms. The van der Waals surface area contributed by atoms with Crippen molar-refractivity contribution in [2.45, 2.75) is 67.6 Å². The van der Waals surface area contributed by atoms with Gasteiger partial charge in [-0.25, -0.2) is 27.2 Å². The van der Waals surface area contributed by atoms with Crippen LogP contribution in [-0.4, -0.2) is 107 Å². The maximum Gasteiger partial charge on any atom is 0.225 e. The van der Waals surface area contributed by atoms with Crippen molar-refractivity contribution in [3.63, 3.8) is 0 Å². The van der Waals surface area contributed by atoms with Crippen LogP contribution in [0.4, 0.5) is 14.7 Å². The summed E-state index contributed by atoms with van der Waals surface area (Å²) in [7, 11) is -3.20. The number of halogens is 2. The molecule has 10 nitrogen and oxygen atoms in total. The summed E-state index contributed by atoms with van der Waals surface area (Å²) in [6.45, 7) is 2.46. The van der Waals surface area contributed by atoms with Gasteiger partial charge in [-0.2, -0.15) is 0 Å². The molecule has 8 rings (SSSR count). The van der Waals surface area contributed by atoms with E-state index in [2.05, 4.69) is 20.2 Å². The van der Waals surface area contributed by atoms with E-state index in [0.717, 1.165) is 32.2 Å². The number of aliphatic hydroxyl groups is 1. The Kier molecular flexibility index (Phi) is 7.04. The molecule has 5 atom stereocenters. The van der Waals surface area contributed by atoms with Gasteiger partial charge in [0.15, 0.2) is 5.79 Å². The zero-order valence-corrected chi connectivity index (χ0v) is 26.6. The zero-order valence-electron chi connectivity index (χ0n) is 25.8. The third-order valence-electron chi connectivity index (χ3n) is 10.5. The van der Waals surface area contributed by atoms with Gasteiger partial charge in [-0.15, -0.1) is 0 Å². The first-order valence-electron chi connectivity index (χ1n) is 16.0. The SMILES string of the molecule is CS(=O)(=O)C[C@@]12CC[C@@H](CN(c3ncc4cnc(C5=CC(O)(OC[C@@]67CCCN6C[C@H](F)C7)Cc6c(F)cccc65)cc4n3)C1)N2. The fourth-order valence-electron chi connectivity index (χ4n) is 8.63. The molecule has 6 heterocycles. The van der Waals surface area contributed by atoms with E-state index >= 15 is 4.39 Å². The largest absolute Gasteiger partial charge is 0.362 e. The van der Waals surface area contributed by atoms with Gasteiger partial charge in [-0.05, 0) is 56.0 Å². The van der Waals surface area contributed by atoms with Crippen LogP contribution in [-0.2, 0) is 21.0 Å². The van der Waals surface area contributed by atoms with Crippen molar-refractivity contribution in [1.29, 1.82) is 0 Å². The lowest BCUT2D eigenvalue weighted by Crippen LogP contribution is -2.62. The van der Waals surface area contributed by atoms with Gasteiger partial charge in [0.05, 0.1) is 29.1 Å². The molecular weight excluding hydrogens is 614 g/mol. The molecule has 13 heteroatoms. The maximum absolute atomic E-state index is 15.3. The third kappa shape index (κ3) is 5.39. The highest BCUT2D eigenvalue weighted by molar-refractivity contribution is 7.90. The molecule has 1 aliphatic carbocycles. The highest BCUT2D eigenvalue weighted by atomic mass is 32.2. The molecule has 1 aromatic carbocycles. The molecule has 4 aliphatic heterocycles. The molecule has 0 spiro atoms. The lowest BCUT2D eigenvalue weighted by Gasteiger charge is -2.41. The van der Waals surface area contributed by atoms with Gasteiger partial charge in [-0.1, -0.05) is 12.1 Å². The second-order valence-corrected chi connectivity index (χ2v) is 16.3. The number of benzene rings is 1. The monoisotopic (exact) mass is 652 g/mol. The molecule has 4 fully saturated rings. The summed E-state index contributed by atoms with van der Waals surface area (Å²) in [6.07, 6.45) is 8.99. The van der Waals surface area contributed by atoms with Crippen LogP contribution in [0.25, 0.3) is 16.5 Å². The third-order valence-corrected chi connectivity index (χ3v) is 11.6. The van der Waals surface area contributed by atoms with Crippen molar-refractivity contribution in [3.8, 4) is 0 Å². The number of rotatable bonds is 7. The summed E-state index contributed by atoms with van der Waals surface area (Å²) in [4.78, 5) is 18.3. The minimum Gasteiger partial charge on any atom is -0.362 e. The van der Waals surface area contributed by atoms with Gasteiger partial charge < -0.3 is 20.1 Å². The average molecular weight is 653 g/mol. The van der Waals surface area contributed by atoms with Crippen LogP contribution in [0.2, 0.25) is 0 Å². The molecule has 2 bridgehead atoms. The zero-order chi connectivity index (χ0) is 31.9. The topological polar surface area (TPSA) is 121 Å². The molecule has 0 saturated carbocycles. The van der Waals surface area contributed by atoms with Crippen molar-refractivity contribution >= 4 is 32.3 Å². The van der Waals surface area contributed by atoms with E-state index in [4.69, 9.17) is 9.72 Å². The molecule has 2 N–H and O–H groups in total. The van der Waals surface area contributed by atoms with Crippen LogP contribution in [0, 0.1) is 5.82 Å². The first-order chi connectivity index (χ1) is 21.9. The van der Waals surface area contributed by atoms with Crippen molar-refractivity contribution in [1.82, 2.24) is 25.2 Å². The lowest BCUT2D eigenvalue weighted by molar-refractivity contribution is -0.184. The van der Waals surface area contributed by atoms with Crippen molar-refractivity contribution in [3.05, 3.63) is 65.4 Å². The van der Waals surface area contributed by atoms with Crippen LogP contribution >= 0.6 is 0 Å². The number of aromatic nitrogens is 3. The number of hydrogen-bond donors (Lipinski definition) is 2.